The lowest BCUT2D eigenvalue weighted by Gasteiger charge is -2.17. The molecule has 1 N–H and O–H groups in total. The van der Waals surface area contributed by atoms with Crippen LogP contribution in [0.5, 0.6) is 5.75 Å². The Labute approximate surface area is 103 Å². The lowest BCUT2D eigenvalue weighted by Crippen LogP contribution is -2.22. The third-order valence-electron chi connectivity index (χ3n) is 1.86. The van der Waals surface area contributed by atoms with Gasteiger partial charge in [-0.15, -0.1) is 0 Å². The molecule has 2 radical (unpaired) electrons. The van der Waals surface area contributed by atoms with Crippen molar-refractivity contribution >= 4 is 25.4 Å². The monoisotopic (exact) mass is 230 g/mol. The number of carbonyl (C=O) groups is 1. The molecular formula is C13H15BO3. The summed E-state index contributed by atoms with van der Waals surface area (Å²) < 4.78 is 5.09. The zero-order chi connectivity index (χ0) is 13.1. The number of esters is 1. The van der Waals surface area contributed by atoms with E-state index in [0.717, 1.165) is 0 Å². The SMILES string of the molecule is [B]c1ccc(O)c(/C=C/C(=O)OC(C)(C)C)c1. The standard InChI is InChI=1S/C13H15BO3/c1-13(2,3)17-12(16)7-4-9-8-10(14)5-6-11(9)15/h4-8,15H,1-3H3/b7-4+. The summed E-state index contributed by atoms with van der Waals surface area (Å²) in [4.78, 5) is 11.4. The Hall–Kier alpha value is -1.71. The average Bonchev–Trinajstić information content (AvgIpc) is 2.17. The first-order chi connectivity index (χ1) is 7.78. The van der Waals surface area contributed by atoms with Crippen molar-refractivity contribution in [2.45, 2.75) is 26.4 Å². The van der Waals surface area contributed by atoms with Gasteiger partial charge in [-0.05, 0) is 32.9 Å². The van der Waals surface area contributed by atoms with E-state index in [-0.39, 0.29) is 5.75 Å². The molecule has 0 aromatic heterocycles. The number of phenols is 1. The van der Waals surface area contributed by atoms with Crippen molar-refractivity contribution in [1.82, 2.24) is 0 Å². The molecule has 17 heavy (non-hydrogen) atoms. The highest BCUT2D eigenvalue weighted by Crippen LogP contribution is 2.16. The predicted molar refractivity (Wildman–Crippen MR) is 68.4 cm³/mol. The first-order valence-electron chi connectivity index (χ1n) is 5.27. The van der Waals surface area contributed by atoms with Crippen molar-refractivity contribution in [2.24, 2.45) is 0 Å². The van der Waals surface area contributed by atoms with Gasteiger partial charge >= 0.3 is 5.97 Å². The smallest absolute Gasteiger partial charge is 0.331 e. The van der Waals surface area contributed by atoms with E-state index in [2.05, 4.69) is 0 Å². The van der Waals surface area contributed by atoms with Crippen molar-refractivity contribution in [1.29, 1.82) is 0 Å². The summed E-state index contributed by atoms with van der Waals surface area (Å²) in [5.41, 5.74) is 0.474. The Morgan fingerprint density at radius 2 is 2.06 bits per heavy atom. The van der Waals surface area contributed by atoms with Crippen LogP contribution in [0.25, 0.3) is 6.08 Å². The number of ether oxygens (including phenoxy) is 1. The third kappa shape index (κ3) is 4.77. The molecule has 0 saturated carbocycles. The fraction of sp³-hybridized carbons (Fsp3) is 0.308. The fourth-order valence-electron chi connectivity index (χ4n) is 1.20. The lowest BCUT2D eigenvalue weighted by atomic mass is 9.94. The highest BCUT2D eigenvalue weighted by molar-refractivity contribution is 6.32. The molecule has 0 amide bonds. The molecule has 1 rings (SSSR count). The second kappa shape index (κ2) is 5.08. The summed E-state index contributed by atoms with van der Waals surface area (Å²) in [5, 5.41) is 9.52. The summed E-state index contributed by atoms with van der Waals surface area (Å²) in [7, 11) is 5.57. The van der Waals surface area contributed by atoms with Crippen molar-refractivity contribution < 1.29 is 14.6 Å². The Kier molecular flexibility index (Phi) is 3.99. The summed E-state index contributed by atoms with van der Waals surface area (Å²) in [6.45, 7) is 5.37. The number of hydrogen-bond acceptors (Lipinski definition) is 3. The lowest BCUT2D eigenvalue weighted by molar-refractivity contribution is -0.148. The van der Waals surface area contributed by atoms with Crippen LogP contribution in [0.1, 0.15) is 26.3 Å². The van der Waals surface area contributed by atoms with Crippen LogP contribution < -0.4 is 5.46 Å². The van der Waals surface area contributed by atoms with E-state index in [1.54, 1.807) is 32.9 Å². The average molecular weight is 230 g/mol. The summed E-state index contributed by atoms with van der Waals surface area (Å²) in [6, 6.07) is 4.64. The molecular weight excluding hydrogens is 215 g/mol. The van der Waals surface area contributed by atoms with Crippen molar-refractivity contribution in [3.63, 3.8) is 0 Å². The number of phenolic OH excluding ortho intramolecular Hbond substituents is 1. The Morgan fingerprint density at radius 3 is 2.65 bits per heavy atom. The van der Waals surface area contributed by atoms with E-state index in [0.29, 0.717) is 11.0 Å². The maximum Gasteiger partial charge on any atom is 0.331 e. The van der Waals surface area contributed by atoms with Crippen LogP contribution in [-0.4, -0.2) is 24.5 Å². The topological polar surface area (TPSA) is 46.5 Å². The zero-order valence-corrected chi connectivity index (χ0v) is 10.2. The molecule has 0 aliphatic rings. The normalized spacial score (nSPS) is 11.7. The van der Waals surface area contributed by atoms with E-state index in [1.165, 1.54) is 18.2 Å². The van der Waals surface area contributed by atoms with E-state index >= 15 is 0 Å². The molecule has 0 atom stereocenters. The van der Waals surface area contributed by atoms with Crippen molar-refractivity contribution in [3.8, 4) is 5.75 Å². The van der Waals surface area contributed by atoms with Gasteiger partial charge in [-0.3, -0.25) is 0 Å². The van der Waals surface area contributed by atoms with E-state index in [4.69, 9.17) is 12.6 Å². The first kappa shape index (κ1) is 13.4. The molecule has 0 unspecified atom stereocenters. The maximum absolute atomic E-state index is 11.4. The van der Waals surface area contributed by atoms with Crippen LogP contribution in [0.3, 0.4) is 0 Å². The van der Waals surface area contributed by atoms with E-state index < -0.39 is 11.6 Å². The second-order valence-corrected chi connectivity index (χ2v) is 4.69. The minimum atomic E-state index is -0.529. The van der Waals surface area contributed by atoms with Gasteiger partial charge in [0.05, 0.1) is 0 Å². The second-order valence-electron chi connectivity index (χ2n) is 4.69. The van der Waals surface area contributed by atoms with Gasteiger partial charge in [0.25, 0.3) is 0 Å². The molecule has 1 aromatic rings. The summed E-state index contributed by atoms with van der Waals surface area (Å²) in [5.74, 6) is -0.390. The molecule has 0 spiro atoms. The predicted octanol–water partition coefficient (Wildman–Crippen LogP) is 1.54. The first-order valence-corrected chi connectivity index (χ1v) is 5.27. The van der Waals surface area contributed by atoms with E-state index in [1.807, 2.05) is 0 Å². The Morgan fingerprint density at radius 1 is 1.41 bits per heavy atom. The van der Waals surface area contributed by atoms with Gasteiger partial charge in [-0.2, -0.15) is 0 Å². The number of carbonyl (C=O) groups excluding carboxylic acids is 1. The summed E-state index contributed by atoms with van der Waals surface area (Å²) >= 11 is 0. The number of rotatable bonds is 2. The van der Waals surface area contributed by atoms with E-state index in [9.17, 15) is 9.90 Å². The molecule has 0 aliphatic heterocycles. The molecule has 0 aliphatic carbocycles. The van der Waals surface area contributed by atoms with Gasteiger partial charge in [0, 0.05) is 11.6 Å². The van der Waals surface area contributed by atoms with Crippen LogP contribution >= 0.6 is 0 Å². The maximum atomic E-state index is 11.4. The van der Waals surface area contributed by atoms with Gasteiger partial charge in [0.15, 0.2) is 0 Å². The van der Waals surface area contributed by atoms with Gasteiger partial charge in [-0.25, -0.2) is 4.79 Å². The van der Waals surface area contributed by atoms with Crippen molar-refractivity contribution in [2.75, 3.05) is 0 Å². The summed E-state index contributed by atoms with van der Waals surface area (Å²) in [6.07, 6.45) is 2.74. The van der Waals surface area contributed by atoms with Crippen molar-refractivity contribution in [3.05, 3.63) is 29.8 Å². The molecule has 0 bridgehead atoms. The van der Waals surface area contributed by atoms with Gasteiger partial charge < -0.3 is 9.84 Å². The Balaban J connectivity index is 2.77. The zero-order valence-electron chi connectivity index (χ0n) is 10.2. The quantitative estimate of drug-likeness (QED) is 0.476. The minimum Gasteiger partial charge on any atom is -0.507 e. The highest BCUT2D eigenvalue weighted by atomic mass is 16.6. The molecule has 0 saturated heterocycles. The third-order valence-corrected chi connectivity index (χ3v) is 1.86. The molecule has 0 heterocycles. The number of benzene rings is 1. The molecule has 0 fully saturated rings. The number of aromatic hydroxyl groups is 1. The molecule has 3 nitrogen and oxygen atoms in total. The van der Waals surface area contributed by atoms with Gasteiger partial charge in [0.2, 0.25) is 0 Å². The van der Waals surface area contributed by atoms with Gasteiger partial charge in [-0.1, -0.05) is 17.6 Å². The van der Waals surface area contributed by atoms with Crippen LogP contribution in [0.2, 0.25) is 0 Å². The van der Waals surface area contributed by atoms with Crippen LogP contribution in [-0.2, 0) is 9.53 Å². The Bertz CT molecular complexity index is 444. The van der Waals surface area contributed by atoms with Crippen LogP contribution in [0.4, 0.5) is 0 Å². The molecule has 1 aromatic carbocycles. The molecule has 88 valence electrons. The number of hydrogen-bond donors (Lipinski definition) is 1. The largest absolute Gasteiger partial charge is 0.507 e. The van der Waals surface area contributed by atoms with Crippen LogP contribution in [0.15, 0.2) is 24.3 Å². The molecule has 4 heteroatoms. The van der Waals surface area contributed by atoms with Gasteiger partial charge in [0.1, 0.15) is 19.2 Å². The highest BCUT2D eigenvalue weighted by Gasteiger charge is 2.13. The fourth-order valence-corrected chi connectivity index (χ4v) is 1.20. The van der Waals surface area contributed by atoms with Crippen LogP contribution in [0, 0.1) is 0 Å². The minimum absolute atomic E-state index is 0.0685.